The fourth-order valence-electron chi connectivity index (χ4n) is 2.80. The van der Waals surface area contributed by atoms with E-state index in [-0.39, 0.29) is 11.9 Å². The minimum atomic E-state index is -0.195. The summed E-state index contributed by atoms with van der Waals surface area (Å²) >= 11 is 0. The second kappa shape index (κ2) is 8.55. The summed E-state index contributed by atoms with van der Waals surface area (Å²) in [5, 5.41) is 6.84. The molecule has 0 unspecified atom stereocenters. The van der Waals surface area contributed by atoms with Crippen molar-refractivity contribution in [3.05, 3.63) is 71.8 Å². The number of hydrogen-bond donors (Lipinski definition) is 1. The van der Waals surface area contributed by atoms with Gasteiger partial charge in [-0.1, -0.05) is 18.2 Å². The van der Waals surface area contributed by atoms with E-state index in [9.17, 15) is 4.79 Å². The Labute approximate surface area is 159 Å². The zero-order valence-electron chi connectivity index (χ0n) is 15.8. The summed E-state index contributed by atoms with van der Waals surface area (Å²) in [6.45, 7) is 5.49. The Morgan fingerprint density at radius 3 is 2.63 bits per heavy atom. The number of benzene rings is 1. The quantitative estimate of drug-likeness (QED) is 0.697. The first kappa shape index (κ1) is 18.7. The molecule has 3 rings (SSSR count). The van der Waals surface area contributed by atoms with Crippen molar-refractivity contribution in [3.63, 3.8) is 0 Å². The number of carbonyl (C=O) groups excluding carboxylic acids is 1. The third kappa shape index (κ3) is 4.57. The summed E-state index contributed by atoms with van der Waals surface area (Å²) in [5.41, 5.74) is 2.76. The average molecular weight is 364 g/mol. The molecule has 7 nitrogen and oxygen atoms in total. The van der Waals surface area contributed by atoms with E-state index in [1.54, 1.807) is 4.68 Å². The van der Waals surface area contributed by atoms with Crippen LogP contribution in [0.5, 0.6) is 0 Å². The van der Waals surface area contributed by atoms with Crippen molar-refractivity contribution in [1.82, 2.24) is 24.6 Å². The Morgan fingerprint density at radius 1 is 1.19 bits per heavy atom. The van der Waals surface area contributed by atoms with Gasteiger partial charge in [0.25, 0.3) is 5.91 Å². The molecule has 1 aromatic carbocycles. The smallest absolute Gasteiger partial charge is 0.258 e. The molecule has 7 heteroatoms. The van der Waals surface area contributed by atoms with E-state index in [0.29, 0.717) is 18.1 Å². The molecule has 0 aliphatic rings. The van der Waals surface area contributed by atoms with Gasteiger partial charge < -0.3 is 0 Å². The van der Waals surface area contributed by atoms with Gasteiger partial charge in [-0.15, -0.1) is 0 Å². The number of aromatic nitrogens is 4. The molecule has 0 fully saturated rings. The Hall–Kier alpha value is -3.06. The molecule has 1 atom stereocenters. The molecule has 0 aliphatic heterocycles. The maximum absolute atomic E-state index is 12.4. The molecule has 0 spiro atoms. The largest absolute Gasteiger partial charge is 0.294 e. The van der Waals surface area contributed by atoms with Crippen molar-refractivity contribution >= 4 is 11.9 Å². The molecule has 0 bridgehead atoms. The molecule has 0 aliphatic carbocycles. The van der Waals surface area contributed by atoms with Crippen molar-refractivity contribution in [2.45, 2.75) is 33.0 Å². The van der Waals surface area contributed by atoms with E-state index < -0.39 is 0 Å². The summed E-state index contributed by atoms with van der Waals surface area (Å²) in [6, 6.07) is 13.8. The fourth-order valence-corrected chi connectivity index (χ4v) is 2.80. The minimum Gasteiger partial charge on any atom is -0.294 e. The molecule has 140 valence electrons. The lowest BCUT2D eigenvalue weighted by Crippen LogP contribution is -2.22. The summed E-state index contributed by atoms with van der Waals surface area (Å²) in [4.78, 5) is 23.1. The number of amides is 1. The maximum atomic E-state index is 12.4. The first-order valence-electron chi connectivity index (χ1n) is 8.97. The zero-order valence-corrected chi connectivity index (χ0v) is 15.8. The predicted octanol–water partition coefficient (Wildman–Crippen LogP) is 3.14. The fraction of sp³-hybridized carbons (Fsp3) is 0.300. The Bertz CT molecular complexity index is 875. The number of pyridine rings is 1. The number of aryl methyl sites for hydroxylation is 1. The van der Waals surface area contributed by atoms with Gasteiger partial charge in [-0.3, -0.25) is 20.0 Å². The molecule has 1 amide bonds. The van der Waals surface area contributed by atoms with Crippen LogP contribution in [0.4, 0.5) is 5.95 Å². The second-order valence-corrected chi connectivity index (χ2v) is 6.40. The number of nitrogens with zero attached hydrogens (tertiary/aromatic N) is 5. The monoisotopic (exact) mass is 364 g/mol. The number of anilines is 1. The van der Waals surface area contributed by atoms with E-state index in [1.807, 2.05) is 55.6 Å². The minimum absolute atomic E-state index is 0.195. The van der Waals surface area contributed by atoms with Crippen molar-refractivity contribution in [2.24, 2.45) is 0 Å². The Balaban J connectivity index is 1.62. The second-order valence-electron chi connectivity index (χ2n) is 6.40. The molecular weight excluding hydrogens is 340 g/mol. The van der Waals surface area contributed by atoms with E-state index in [2.05, 4.69) is 39.3 Å². The van der Waals surface area contributed by atoms with Crippen LogP contribution in [0.25, 0.3) is 0 Å². The average Bonchev–Trinajstić information content (AvgIpc) is 3.15. The van der Waals surface area contributed by atoms with E-state index in [1.165, 1.54) is 6.33 Å². The van der Waals surface area contributed by atoms with Crippen LogP contribution >= 0.6 is 0 Å². The third-order valence-corrected chi connectivity index (χ3v) is 4.57. The van der Waals surface area contributed by atoms with Crippen LogP contribution in [0.15, 0.2) is 55.0 Å². The van der Waals surface area contributed by atoms with Gasteiger partial charge in [0.2, 0.25) is 5.95 Å². The van der Waals surface area contributed by atoms with Gasteiger partial charge in [-0.25, -0.2) is 4.68 Å². The summed E-state index contributed by atoms with van der Waals surface area (Å²) < 4.78 is 1.64. The summed E-state index contributed by atoms with van der Waals surface area (Å²) in [6.07, 6.45) is 3.24. The first-order chi connectivity index (χ1) is 13.1. The van der Waals surface area contributed by atoms with Crippen LogP contribution < -0.4 is 5.32 Å². The van der Waals surface area contributed by atoms with Crippen molar-refractivity contribution in [1.29, 1.82) is 0 Å². The summed E-state index contributed by atoms with van der Waals surface area (Å²) in [5.74, 6) is 0.259. The van der Waals surface area contributed by atoms with Crippen molar-refractivity contribution in [3.8, 4) is 0 Å². The molecule has 0 saturated carbocycles. The molecule has 2 aromatic heterocycles. The van der Waals surface area contributed by atoms with Crippen LogP contribution in [0.2, 0.25) is 0 Å². The Morgan fingerprint density at radius 2 is 1.96 bits per heavy atom. The highest BCUT2D eigenvalue weighted by atomic mass is 16.1. The van der Waals surface area contributed by atoms with Gasteiger partial charge in [-0.05, 0) is 50.7 Å². The maximum Gasteiger partial charge on any atom is 0.258 e. The van der Waals surface area contributed by atoms with E-state index in [0.717, 1.165) is 17.8 Å². The number of rotatable bonds is 7. The van der Waals surface area contributed by atoms with Gasteiger partial charge >= 0.3 is 0 Å². The highest BCUT2D eigenvalue weighted by Crippen LogP contribution is 2.19. The zero-order chi connectivity index (χ0) is 19.2. The van der Waals surface area contributed by atoms with Gasteiger partial charge in [0.05, 0.1) is 5.69 Å². The van der Waals surface area contributed by atoms with Gasteiger partial charge in [0, 0.05) is 30.9 Å². The molecular formula is C20H24N6O. The van der Waals surface area contributed by atoms with E-state index >= 15 is 0 Å². The van der Waals surface area contributed by atoms with Gasteiger partial charge in [0.15, 0.2) is 0 Å². The Kier molecular flexibility index (Phi) is 5.93. The molecule has 3 aromatic rings. The number of nitrogens with one attached hydrogen (secondary N) is 1. The van der Waals surface area contributed by atoms with Crippen LogP contribution in [0.3, 0.4) is 0 Å². The van der Waals surface area contributed by atoms with Crippen LogP contribution in [-0.2, 0) is 13.1 Å². The highest BCUT2D eigenvalue weighted by Gasteiger charge is 2.14. The molecule has 0 radical (unpaired) electrons. The standard InChI is InChI=1S/C20H24N6O/c1-4-26-20(22-14-23-26)24-19(27)17-10-8-16(9-11-17)13-25(3)15(2)18-7-5-6-12-21-18/h5-12,14-15H,4,13H2,1-3H3,(H,22,23,24,27)/t15-/m0/s1. The van der Waals surface area contributed by atoms with Gasteiger partial charge in [-0.2, -0.15) is 10.1 Å². The molecule has 2 heterocycles. The third-order valence-electron chi connectivity index (χ3n) is 4.57. The number of carbonyl (C=O) groups is 1. The lowest BCUT2D eigenvalue weighted by Gasteiger charge is -2.24. The van der Waals surface area contributed by atoms with Crippen LogP contribution in [0, 0.1) is 0 Å². The van der Waals surface area contributed by atoms with Crippen LogP contribution in [0.1, 0.15) is 41.5 Å². The first-order valence-corrected chi connectivity index (χ1v) is 8.97. The predicted molar refractivity (Wildman–Crippen MR) is 104 cm³/mol. The highest BCUT2D eigenvalue weighted by molar-refractivity contribution is 6.03. The molecule has 27 heavy (non-hydrogen) atoms. The molecule has 1 N–H and O–H groups in total. The SMILES string of the molecule is CCn1ncnc1NC(=O)c1ccc(CN(C)[C@@H](C)c2ccccn2)cc1. The molecule has 0 saturated heterocycles. The van der Waals surface area contributed by atoms with E-state index in [4.69, 9.17) is 0 Å². The van der Waals surface area contributed by atoms with Crippen molar-refractivity contribution in [2.75, 3.05) is 12.4 Å². The topological polar surface area (TPSA) is 75.9 Å². The van der Waals surface area contributed by atoms with Crippen molar-refractivity contribution < 1.29 is 4.79 Å². The lowest BCUT2D eigenvalue weighted by atomic mass is 10.1. The normalized spacial score (nSPS) is 12.1. The van der Waals surface area contributed by atoms with Gasteiger partial charge in [0.1, 0.15) is 6.33 Å². The summed E-state index contributed by atoms with van der Waals surface area (Å²) in [7, 11) is 2.07. The number of hydrogen-bond acceptors (Lipinski definition) is 5. The lowest BCUT2D eigenvalue weighted by molar-refractivity contribution is 0.102. The van der Waals surface area contributed by atoms with Crippen LogP contribution in [-0.4, -0.2) is 37.6 Å².